The normalized spacial score (nSPS) is 21.5. The van der Waals surface area contributed by atoms with Crippen LogP contribution < -0.4 is 64.9 Å². The summed E-state index contributed by atoms with van der Waals surface area (Å²) in [5, 5.41) is 18.5. The molecule has 141 heavy (non-hydrogen) atoms. The maximum Gasteiger partial charge on any atom is 0.258 e. The van der Waals surface area contributed by atoms with Gasteiger partial charge in [-0.25, -0.2) is 0 Å². The van der Waals surface area contributed by atoms with E-state index in [1.54, 1.807) is 173 Å². The van der Waals surface area contributed by atoms with E-state index in [9.17, 15) is 33.6 Å². The van der Waals surface area contributed by atoms with Crippen molar-refractivity contribution in [1.29, 1.82) is 0 Å². The summed E-state index contributed by atoms with van der Waals surface area (Å²) >= 11 is 69.1. The molecular weight excluding hydrogens is 2770 g/mol. The topological polar surface area (TPSA) is 284 Å². The highest BCUT2D eigenvalue weighted by molar-refractivity contribution is 14.3. The molecule has 6 N–H and O–H groups in total. The van der Waals surface area contributed by atoms with Crippen LogP contribution in [0.3, 0.4) is 0 Å². The molecule has 12 aliphatic rings. The SMILES string of the molecule is CN(C)C(=O)CCl.CN(C)C(=O)CN(CCOc1ccc(Cl)cc1)C12CC(NC(=O)COc3ccc(Cl)cc3)(C1)C2.CN(C)C(=O)CN(CCOc1ccc(Cl)cc1)C12CC(NC(=O)COc3ccc(Cl)cc3)(C1)C2.Cl.Clc1ccc(OCCBr)cc1.IC(I)I.IC(I)I.NC12CC(NC(=O)COc3ccc(Cl)cc3)(C1)C2.O=C(COc1ccc(Cl)cc1)NC12CC(CCCOc3ccc(Cl)cc3)(C1)C2. The number of carbonyl (C=O) groups excluding carboxylic acids is 7. The number of alkyl halides is 8. The number of halogens is 17. The van der Waals surface area contributed by atoms with Crippen LogP contribution in [0.4, 0.5) is 0 Å². The number of likely N-dealkylation sites (N-methyl/N-ethyl adjacent to an activating group) is 2. The van der Waals surface area contributed by atoms with E-state index in [-0.39, 0.29) is 125 Å². The molecule has 0 atom stereocenters. The molecule has 7 amide bonds. The number of hydrogen-bond donors (Lipinski definition) is 5. The molecule has 20 rings (SSSR count). The van der Waals surface area contributed by atoms with E-state index in [4.69, 9.17) is 148 Å². The standard InChI is InChI=1S/2C25H29Cl2N3O4.C22H23Cl2NO3.C13H15ClN2O2.C8H8BrClO.C4H8ClNO.2CHI3.ClH/c2*1-29(2)23(32)13-30(11-12-33-20-7-3-18(26)4-8-20)25-15-24(16-25,17-25)28-22(31)14-34-21-9-5-19(27)6-10-21;23-16-2-6-18(7-3-16)27-11-1-10-21-13-22(14-21,15-21)25-20(26)12-28-19-8-4-17(24)5-9-19;14-9-1-3-10(4-2-9)18-5-11(17)16-13-6-12(15,7-13)8-13;9-5-6-11-8-3-1-7(10)2-4-8;1-6(2)4(7)3-5;2*2-1(3)4;/h2*3-10H,11-17H2,1-2H3,(H,28,31);2-9H,1,10-15H2,(H,25,26);1-4H,5-8,15H2,(H,16,17);1-4H,5-6H2;3H2,1-2H3;2*1H;1H. The van der Waals surface area contributed by atoms with Crippen molar-refractivity contribution in [2.45, 2.75) is 129 Å². The van der Waals surface area contributed by atoms with E-state index >= 15 is 0 Å². The predicted molar refractivity (Wildman–Crippen MR) is 621 cm³/mol. The van der Waals surface area contributed by atoms with Gasteiger partial charge in [0.05, 0.1) is 26.3 Å². The molecule has 0 unspecified atom stereocenters. The highest BCUT2D eigenvalue weighted by Gasteiger charge is 2.72. The lowest BCUT2D eigenvalue weighted by atomic mass is 9.38. The zero-order valence-electron chi connectivity index (χ0n) is 78.3. The number of nitrogens with two attached hydrogens (primary N) is 1. The molecule has 12 aliphatic carbocycles. The summed E-state index contributed by atoms with van der Waals surface area (Å²) in [6.07, 6.45) is 12.9. The Morgan fingerprint density at radius 2 is 0.539 bits per heavy atom. The van der Waals surface area contributed by atoms with Crippen LogP contribution in [0.15, 0.2) is 194 Å². The second-order valence-corrected chi connectivity index (χ2v) is 62.4. The molecule has 0 heterocycles. The van der Waals surface area contributed by atoms with Gasteiger partial charge in [-0.1, -0.05) is 244 Å². The van der Waals surface area contributed by atoms with Crippen LogP contribution in [-0.2, 0) is 33.6 Å². The fourth-order valence-electron chi connectivity index (χ4n) is 18.0. The van der Waals surface area contributed by atoms with Crippen LogP contribution in [0.1, 0.15) is 89.9 Å². The molecule has 12 fully saturated rings. The van der Waals surface area contributed by atoms with E-state index < -0.39 is 0 Å². The van der Waals surface area contributed by atoms with Crippen LogP contribution in [-0.4, -0.2) is 237 Å². The summed E-state index contributed by atoms with van der Waals surface area (Å²) < 4.78 is 46.3. The van der Waals surface area contributed by atoms with Crippen molar-refractivity contribution in [3.05, 3.63) is 234 Å². The van der Waals surface area contributed by atoms with Crippen LogP contribution in [0.25, 0.3) is 0 Å². The number of carbonyl (C=O) groups is 7. The lowest BCUT2D eigenvalue weighted by Gasteiger charge is -2.73. The van der Waals surface area contributed by atoms with Gasteiger partial charge >= 0.3 is 0 Å². The van der Waals surface area contributed by atoms with Gasteiger partial charge in [0.15, 0.2) is 26.4 Å². The Bertz CT molecular complexity index is 5060. The van der Waals surface area contributed by atoms with Crippen molar-refractivity contribution >= 4 is 310 Å². The quantitative estimate of drug-likeness (QED) is 0.0136. The molecule has 8 aromatic rings. The Balaban J connectivity index is 0.000000214. The fraction of sp³-hybridized carbons (Fsp3) is 0.444. The van der Waals surface area contributed by atoms with Gasteiger partial charge in [-0.15, -0.1) is 24.0 Å². The molecule has 12 saturated carbocycles. The second kappa shape index (κ2) is 58.5. The highest BCUT2D eigenvalue weighted by Crippen LogP contribution is 2.69. The number of nitrogens with zero attached hydrogens (tertiary/aromatic N) is 5. The Morgan fingerprint density at radius 1 is 0.333 bits per heavy atom. The van der Waals surface area contributed by atoms with Crippen molar-refractivity contribution in [2.24, 2.45) is 11.1 Å². The van der Waals surface area contributed by atoms with Gasteiger partial charge in [-0.05, 0) is 289 Å². The fourth-order valence-corrected chi connectivity index (χ4v) is 19.4. The Kier molecular flexibility index (Phi) is 50.7. The average Bonchev–Trinajstić information content (AvgIpc) is 0.668. The molecule has 8 bridgehead atoms. The third kappa shape index (κ3) is 40.4. The summed E-state index contributed by atoms with van der Waals surface area (Å²) in [6.45, 7) is 4.14. The lowest BCUT2D eigenvalue weighted by Crippen LogP contribution is -2.84. The smallest absolute Gasteiger partial charge is 0.258 e. The third-order valence-corrected chi connectivity index (χ3v) is 26.7. The molecule has 0 saturated heterocycles. The second-order valence-electron chi connectivity index (χ2n) is 36.1. The van der Waals surface area contributed by atoms with Gasteiger partial charge in [0.2, 0.25) is 17.7 Å². The highest BCUT2D eigenvalue weighted by atomic mass is 127. The number of hydrogen-bond acceptors (Lipinski definition) is 18. The van der Waals surface area contributed by atoms with Crippen LogP contribution in [0.2, 0.25) is 40.2 Å². The van der Waals surface area contributed by atoms with Gasteiger partial charge in [0.1, 0.15) is 65.0 Å². The first-order chi connectivity index (χ1) is 66.3. The first kappa shape index (κ1) is 122. The van der Waals surface area contributed by atoms with Gasteiger partial charge in [-0.2, -0.15) is 0 Å². The Labute approximate surface area is 967 Å². The summed E-state index contributed by atoms with van der Waals surface area (Å²) in [4.78, 5) is 93.1. The number of nitrogens with one attached hydrogen (secondary N) is 4. The molecule has 8 aromatic carbocycles. The van der Waals surface area contributed by atoms with Crippen molar-refractivity contribution in [1.82, 2.24) is 45.8 Å². The Hall–Kier alpha value is -3.91. The monoisotopic (exact) mass is 2870 g/mol. The van der Waals surface area contributed by atoms with Gasteiger partial charge in [0, 0.05) is 140 Å². The minimum absolute atomic E-state index is 0. The van der Waals surface area contributed by atoms with Crippen LogP contribution >= 0.6 is 268 Å². The maximum absolute atomic E-state index is 12.5. The third-order valence-electron chi connectivity index (χ3n) is 24.2. The predicted octanol–water partition coefficient (Wildman–Crippen LogP) is 23.0. The van der Waals surface area contributed by atoms with Crippen LogP contribution in [0, 0.1) is 5.41 Å². The number of benzene rings is 8. The van der Waals surface area contributed by atoms with Crippen molar-refractivity contribution < 1.29 is 71.5 Å². The molecule has 42 heteroatoms. The van der Waals surface area contributed by atoms with E-state index in [0.29, 0.717) is 116 Å². The van der Waals surface area contributed by atoms with Gasteiger partial charge < -0.3 is 79.6 Å². The molecular formula is C99H115BrCl10I6N10O15. The zero-order valence-corrected chi connectivity index (χ0v) is 100. The summed E-state index contributed by atoms with van der Waals surface area (Å²) in [5.41, 5.74) is 5.71. The Morgan fingerprint density at radius 3 is 0.745 bits per heavy atom. The molecule has 0 spiro atoms. The van der Waals surface area contributed by atoms with Crippen molar-refractivity contribution in [3.63, 3.8) is 0 Å². The summed E-state index contributed by atoms with van der Waals surface area (Å²) in [5.74, 6) is 5.35. The number of amides is 7. The van der Waals surface area contributed by atoms with E-state index in [1.165, 1.54) is 4.90 Å². The number of rotatable bonds is 39. The first-order valence-electron chi connectivity index (χ1n) is 44.5. The summed E-state index contributed by atoms with van der Waals surface area (Å²) in [6, 6.07) is 57.0. The van der Waals surface area contributed by atoms with Crippen molar-refractivity contribution in [2.75, 3.05) is 133 Å². The molecule has 0 aliphatic heterocycles. The minimum Gasteiger partial charge on any atom is -0.494 e. The van der Waals surface area contributed by atoms with Gasteiger partial charge in [-0.3, -0.25) is 43.4 Å². The zero-order chi connectivity index (χ0) is 102. The van der Waals surface area contributed by atoms with E-state index in [2.05, 4.69) is 183 Å². The van der Waals surface area contributed by atoms with Crippen LogP contribution in [0.5, 0.6) is 46.0 Å². The maximum atomic E-state index is 12.5. The minimum atomic E-state index is -0.211. The number of ether oxygens (including phenoxy) is 8. The lowest BCUT2D eigenvalue weighted by molar-refractivity contribution is -0.188. The van der Waals surface area contributed by atoms with Crippen molar-refractivity contribution in [3.8, 4) is 46.0 Å². The van der Waals surface area contributed by atoms with Gasteiger partial charge in [0.25, 0.3) is 23.6 Å². The molecule has 0 aromatic heterocycles. The summed E-state index contributed by atoms with van der Waals surface area (Å²) in [7, 11) is 10.4. The molecule has 25 nitrogen and oxygen atoms in total. The molecule has 0 radical (unpaired) electrons. The first-order valence-corrected chi connectivity index (χ1v) is 56.6. The molecule has 770 valence electrons. The average molecular weight is 2880 g/mol. The van der Waals surface area contributed by atoms with E-state index in [0.717, 1.165) is 123 Å². The largest absolute Gasteiger partial charge is 0.494 e. The van der Waals surface area contributed by atoms with E-state index in [1.807, 2.05) is 72.8 Å².